The number of fused-ring (bicyclic) bond motifs is 3. The van der Waals surface area contributed by atoms with Gasteiger partial charge in [-0.25, -0.2) is 0 Å². The Kier molecular flexibility index (Phi) is 2.69. The summed E-state index contributed by atoms with van der Waals surface area (Å²) in [6.07, 6.45) is 1.78. The van der Waals surface area contributed by atoms with Crippen LogP contribution in [0.15, 0.2) is 48.5 Å². The van der Waals surface area contributed by atoms with Crippen molar-refractivity contribution >= 4 is 0 Å². The molecule has 0 fully saturated rings. The summed E-state index contributed by atoms with van der Waals surface area (Å²) in [6, 6.07) is 17.1. The van der Waals surface area contributed by atoms with E-state index in [-0.39, 0.29) is 6.61 Å². The molecule has 1 nitrogen and oxygen atoms in total. The van der Waals surface area contributed by atoms with Crippen LogP contribution in [0.5, 0.6) is 0 Å². The Morgan fingerprint density at radius 1 is 0.706 bits per heavy atom. The summed E-state index contributed by atoms with van der Waals surface area (Å²) in [5.74, 6) is 1.38. The van der Waals surface area contributed by atoms with Gasteiger partial charge in [0.25, 0.3) is 0 Å². The Bertz CT molecular complexity index is 485. The molecule has 0 saturated heterocycles. The van der Waals surface area contributed by atoms with Crippen molar-refractivity contribution in [2.75, 3.05) is 6.61 Å². The van der Waals surface area contributed by atoms with Gasteiger partial charge in [0, 0.05) is 12.5 Å². The lowest BCUT2D eigenvalue weighted by Gasteiger charge is -2.11. The van der Waals surface area contributed by atoms with Crippen molar-refractivity contribution in [2.24, 2.45) is 0 Å². The number of aliphatic hydroxyl groups is 1. The molecule has 1 N–H and O–H groups in total. The van der Waals surface area contributed by atoms with Crippen LogP contribution in [-0.2, 0) is 0 Å². The van der Waals surface area contributed by atoms with Crippen molar-refractivity contribution in [3.8, 4) is 11.1 Å². The van der Waals surface area contributed by atoms with E-state index in [1.807, 2.05) is 0 Å². The van der Waals surface area contributed by atoms with Gasteiger partial charge in [0.2, 0.25) is 0 Å². The van der Waals surface area contributed by atoms with E-state index < -0.39 is 0 Å². The summed E-state index contributed by atoms with van der Waals surface area (Å²) < 4.78 is 0. The van der Waals surface area contributed by atoms with Crippen molar-refractivity contribution in [1.82, 2.24) is 0 Å². The fourth-order valence-corrected chi connectivity index (χ4v) is 2.63. The first-order valence-corrected chi connectivity index (χ1v) is 6.07. The minimum absolute atomic E-state index is 0.258. The molecule has 0 saturated carbocycles. The van der Waals surface area contributed by atoms with Gasteiger partial charge in [0.05, 0.1) is 0 Å². The van der Waals surface area contributed by atoms with E-state index in [2.05, 4.69) is 48.5 Å². The lowest BCUT2D eigenvalue weighted by molar-refractivity contribution is 0.287. The minimum Gasteiger partial charge on any atom is -0.396 e. The van der Waals surface area contributed by atoms with Gasteiger partial charge in [-0.1, -0.05) is 48.5 Å². The first kappa shape index (κ1) is 10.5. The molecule has 1 radical (unpaired) electrons. The number of hydrogen-bond donors (Lipinski definition) is 1. The van der Waals surface area contributed by atoms with Crippen molar-refractivity contribution < 1.29 is 5.11 Å². The average Bonchev–Trinajstić information content (AvgIpc) is 2.71. The van der Waals surface area contributed by atoms with Crippen LogP contribution >= 0.6 is 0 Å². The van der Waals surface area contributed by atoms with Gasteiger partial charge in [-0.3, -0.25) is 0 Å². The molecule has 3 rings (SSSR count). The molecule has 17 heavy (non-hydrogen) atoms. The third kappa shape index (κ3) is 1.67. The average molecular weight is 223 g/mol. The zero-order valence-corrected chi connectivity index (χ0v) is 9.69. The van der Waals surface area contributed by atoms with Gasteiger partial charge >= 0.3 is 0 Å². The molecule has 0 atom stereocenters. The Hall–Kier alpha value is -1.60. The molecule has 2 aromatic carbocycles. The molecule has 0 spiro atoms. The zero-order valence-electron chi connectivity index (χ0n) is 9.69. The third-order valence-electron chi connectivity index (χ3n) is 3.38. The molecular formula is C16H15O. The van der Waals surface area contributed by atoms with Gasteiger partial charge in [0.15, 0.2) is 0 Å². The number of aliphatic hydroxyl groups excluding tert-OH is 1. The SMILES string of the molecule is OCCC[C]1c2ccccc2-c2ccccc21. The lowest BCUT2D eigenvalue weighted by atomic mass is 9.92. The van der Waals surface area contributed by atoms with Crippen LogP contribution in [0.3, 0.4) is 0 Å². The molecular weight excluding hydrogens is 208 g/mol. The highest BCUT2D eigenvalue weighted by Gasteiger charge is 2.27. The van der Waals surface area contributed by atoms with Crippen LogP contribution in [0, 0.1) is 5.92 Å². The van der Waals surface area contributed by atoms with Crippen LogP contribution in [0.1, 0.15) is 24.0 Å². The second-order valence-electron chi connectivity index (χ2n) is 4.40. The smallest absolute Gasteiger partial charge is 0.0431 e. The second kappa shape index (κ2) is 4.34. The van der Waals surface area contributed by atoms with Gasteiger partial charge in [-0.15, -0.1) is 0 Å². The first-order valence-electron chi connectivity index (χ1n) is 6.07. The number of rotatable bonds is 3. The molecule has 1 heteroatoms. The highest BCUT2D eigenvalue weighted by molar-refractivity contribution is 5.83. The van der Waals surface area contributed by atoms with E-state index in [0.717, 1.165) is 12.8 Å². The second-order valence-corrected chi connectivity index (χ2v) is 4.40. The van der Waals surface area contributed by atoms with Crippen LogP contribution < -0.4 is 0 Å². The maximum absolute atomic E-state index is 9.01. The van der Waals surface area contributed by atoms with Gasteiger partial charge < -0.3 is 5.11 Å². The zero-order chi connectivity index (χ0) is 11.7. The molecule has 85 valence electrons. The van der Waals surface area contributed by atoms with Crippen molar-refractivity contribution in [2.45, 2.75) is 12.8 Å². The number of hydrogen-bond acceptors (Lipinski definition) is 1. The Morgan fingerprint density at radius 2 is 1.18 bits per heavy atom. The van der Waals surface area contributed by atoms with Crippen LogP contribution in [-0.4, -0.2) is 11.7 Å². The topological polar surface area (TPSA) is 20.2 Å². The van der Waals surface area contributed by atoms with E-state index >= 15 is 0 Å². The molecule has 0 heterocycles. The van der Waals surface area contributed by atoms with Crippen molar-refractivity contribution in [1.29, 1.82) is 0 Å². The molecule has 1 aliphatic rings. The Balaban J connectivity index is 2.10. The monoisotopic (exact) mass is 223 g/mol. The molecule has 0 aliphatic heterocycles. The minimum atomic E-state index is 0.258. The van der Waals surface area contributed by atoms with E-state index in [0.29, 0.717) is 0 Å². The molecule has 0 amide bonds. The van der Waals surface area contributed by atoms with Gasteiger partial charge in [-0.2, -0.15) is 0 Å². The Labute approximate surface area is 102 Å². The third-order valence-corrected chi connectivity index (χ3v) is 3.38. The summed E-state index contributed by atoms with van der Waals surface area (Å²) in [6.45, 7) is 0.258. The highest BCUT2D eigenvalue weighted by atomic mass is 16.2. The molecule has 2 aromatic rings. The summed E-state index contributed by atoms with van der Waals surface area (Å²) in [7, 11) is 0. The highest BCUT2D eigenvalue weighted by Crippen LogP contribution is 2.45. The van der Waals surface area contributed by atoms with E-state index in [1.54, 1.807) is 0 Å². The largest absolute Gasteiger partial charge is 0.396 e. The van der Waals surface area contributed by atoms with Crippen LogP contribution in [0.4, 0.5) is 0 Å². The maximum Gasteiger partial charge on any atom is 0.0431 e. The predicted molar refractivity (Wildman–Crippen MR) is 69.6 cm³/mol. The van der Waals surface area contributed by atoms with Gasteiger partial charge in [0.1, 0.15) is 0 Å². The van der Waals surface area contributed by atoms with Crippen LogP contribution in [0.2, 0.25) is 0 Å². The standard InChI is InChI=1S/C16H15O/c17-11-5-10-16-14-8-3-1-6-12(14)13-7-2-4-9-15(13)16/h1-4,6-9,17H,5,10-11H2. The summed E-state index contributed by atoms with van der Waals surface area (Å²) in [5, 5.41) is 9.01. The summed E-state index contributed by atoms with van der Waals surface area (Å²) in [4.78, 5) is 0. The fraction of sp³-hybridized carbons (Fsp3) is 0.188. The number of benzene rings is 2. The van der Waals surface area contributed by atoms with E-state index in [1.165, 1.54) is 28.2 Å². The lowest BCUT2D eigenvalue weighted by Crippen LogP contribution is -1.99. The predicted octanol–water partition coefficient (Wildman–Crippen LogP) is 3.41. The van der Waals surface area contributed by atoms with E-state index in [9.17, 15) is 0 Å². The van der Waals surface area contributed by atoms with Gasteiger partial charge in [-0.05, 0) is 35.1 Å². The quantitative estimate of drug-likeness (QED) is 0.845. The van der Waals surface area contributed by atoms with Crippen LogP contribution in [0.25, 0.3) is 11.1 Å². The summed E-state index contributed by atoms with van der Waals surface area (Å²) in [5.41, 5.74) is 5.33. The van der Waals surface area contributed by atoms with E-state index in [4.69, 9.17) is 5.11 Å². The molecule has 1 aliphatic carbocycles. The normalized spacial score (nSPS) is 13.5. The van der Waals surface area contributed by atoms with Crippen molar-refractivity contribution in [3.05, 3.63) is 65.6 Å². The molecule has 0 bridgehead atoms. The molecule has 0 aromatic heterocycles. The Morgan fingerprint density at radius 3 is 1.65 bits per heavy atom. The fourth-order valence-electron chi connectivity index (χ4n) is 2.63. The maximum atomic E-state index is 9.01. The van der Waals surface area contributed by atoms with Crippen molar-refractivity contribution in [3.63, 3.8) is 0 Å². The first-order chi connectivity index (χ1) is 8.42. The molecule has 0 unspecified atom stereocenters. The summed E-state index contributed by atoms with van der Waals surface area (Å²) >= 11 is 0.